The summed E-state index contributed by atoms with van der Waals surface area (Å²) in [6, 6.07) is 18.8. The van der Waals surface area contributed by atoms with Gasteiger partial charge in [-0.2, -0.15) is 0 Å². The smallest absolute Gasteiger partial charge is 0.130 e. The highest BCUT2D eigenvalue weighted by Gasteiger charge is 2.29. The molecule has 0 aromatic heterocycles. The van der Waals surface area contributed by atoms with Gasteiger partial charge in [0.25, 0.3) is 0 Å². The van der Waals surface area contributed by atoms with Gasteiger partial charge >= 0.3 is 0 Å². The number of ether oxygens (including phenoxy) is 1. The van der Waals surface area contributed by atoms with Crippen molar-refractivity contribution in [2.75, 3.05) is 7.11 Å². The summed E-state index contributed by atoms with van der Waals surface area (Å²) in [7, 11) is 1.75. The second-order valence-corrected chi connectivity index (χ2v) is 4.82. The van der Waals surface area contributed by atoms with Crippen LogP contribution < -0.4 is 0 Å². The molecule has 0 saturated heterocycles. The van der Waals surface area contributed by atoms with E-state index in [0.717, 1.165) is 5.56 Å². The topological polar surface area (TPSA) is 9.23 Å². The number of allylic oxidation sites excluding steroid dienone is 2. The minimum Gasteiger partial charge on any atom is -0.365 e. The van der Waals surface area contributed by atoms with Gasteiger partial charge in [-0.25, -0.2) is 0 Å². The van der Waals surface area contributed by atoms with Crippen molar-refractivity contribution in [3.63, 3.8) is 0 Å². The van der Waals surface area contributed by atoms with Crippen molar-refractivity contribution in [3.05, 3.63) is 90.9 Å². The molecule has 0 bridgehead atoms. The molecule has 0 amide bonds. The van der Waals surface area contributed by atoms with Crippen LogP contribution in [0.25, 0.3) is 11.1 Å². The van der Waals surface area contributed by atoms with E-state index >= 15 is 0 Å². The van der Waals surface area contributed by atoms with Crippen LogP contribution in [-0.2, 0) is 10.3 Å². The van der Waals surface area contributed by atoms with Crippen molar-refractivity contribution in [1.82, 2.24) is 0 Å². The van der Waals surface area contributed by atoms with Gasteiger partial charge < -0.3 is 4.74 Å². The number of hydrogen-bond donors (Lipinski definition) is 0. The maximum absolute atomic E-state index is 5.83. The molecule has 2 aromatic carbocycles. The maximum atomic E-state index is 5.83. The second kappa shape index (κ2) is 5.48. The van der Waals surface area contributed by atoms with E-state index < -0.39 is 5.60 Å². The number of hydrogen-bond acceptors (Lipinski definition) is 1. The average Bonchev–Trinajstić information content (AvgIpc) is 2.56. The van der Waals surface area contributed by atoms with Crippen LogP contribution in [0.3, 0.4) is 0 Å². The highest BCUT2D eigenvalue weighted by atomic mass is 16.5. The predicted molar refractivity (Wildman–Crippen MR) is 83.1 cm³/mol. The van der Waals surface area contributed by atoms with Crippen molar-refractivity contribution in [3.8, 4) is 11.1 Å². The molecule has 0 heterocycles. The molecule has 20 heavy (non-hydrogen) atoms. The first-order valence-electron chi connectivity index (χ1n) is 6.76. The lowest BCUT2D eigenvalue weighted by Gasteiger charge is -2.30. The SMILES string of the molecule is COC1(c2ccccc2-c2ccccc2)C=C[CH]C=C1. The van der Waals surface area contributed by atoms with Crippen molar-refractivity contribution in [1.29, 1.82) is 0 Å². The van der Waals surface area contributed by atoms with E-state index in [-0.39, 0.29) is 0 Å². The summed E-state index contributed by atoms with van der Waals surface area (Å²) in [4.78, 5) is 0. The summed E-state index contributed by atoms with van der Waals surface area (Å²) in [5.41, 5.74) is 3.08. The first kappa shape index (κ1) is 12.9. The highest BCUT2D eigenvalue weighted by molar-refractivity contribution is 5.70. The van der Waals surface area contributed by atoms with E-state index in [0.29, 0.717) is 0 Å². The molecule has 1 heteroatoms. The summed E-state index contributed by atoms with van der Waals surface area (Å²) >= 11 is 0. The molecule has 1 aliphatic rings. The zero-order valence-corrected chi connectivity index (χ0v) is 11.5. The van der Waals surface area contributed by atoms with Crippen LogP contribution in [0.4, 0.5) is 0 Å². The standard InChI is InChI=1S/C19H17O/c1-20-19(14-8-3-9-15-19)18-13-7-6-12-17(18)16-10-4-2-5-11-16/h2-15H,1H3. The van der Waals surface area contributed by atoms with Gasteiger partial charge in [0.05, 0.1) is 0 Å². The molecule has 1 nitrogen and oxygen atoms in total. The van der Waals surface area contributed by atoms with Crippen LogP contribution in [0.5, 0.6) is 0 Å². The largest absolute Gasteiger partial charge is 0.365 e. The van der Waals surface area contributed by atoms with Gasteiger partial charge in [-0.1, -0.05) is 66.7 Å². The van der Waals surface area contributed by atoms with E-state index in [4.69, 9.17) is 4.74 Å². The Bertz CT molecular complexity index is 626. The van der Waals surface area contributed by atoms with Gasteiger partial charge in [-0.3, -0.25) is 0 Å². The molecule has 0 saturated carbocycles. The Labute approximate surface area is 120 Å². The van der Waals surface area contributed by atoms with Crippen LogP contribution in [0, 0.1) is 6.42 Å². The molecule has 0 aliphatic heterocycles. The molecular weight excluding hydrogens is 244 g/mol. The Kier molecular flexibility index (Phi) is 3.53. The number of methoxy groups -OCH3 is 1. The number of rotatable bonds is 3. The molecule has 0 spiro atoms. The van der Waals surface area contributed by atoms with Crippen molar-refractivity contribution in [2.24, 2.45) is 0 Å². The molecule has 0 unspecified atom stereocenters. The van der Waals surface area contributed by atoms with Gasteiger partial charge in [0.2, 0.25) is 0 Å². The third-order valence-electron chi connectivity index (χ3n) is 3.68. The van der Waals surface area contributed by atoms with E-state index in [1.165, 1.54) is 11.1 Å². The monoisotopic (exact) mass is 261 g/mol. The van der Waals surface area contributed by atoms with Gasteiger partial charge in [-0.15, -0.1) is 0 Å². The third kappa shape index (κ3) is 2.21. The quantitative estimate of drug-likeness (QED) is 0.789. The van der Waals surface area contributed by atoms with Gasteiger partial charge in [-0.05, 0) is 28.8 Å². The normalized spacial score (nSPS) is 16.2. The minimum absolute atomic E-state index is 0.485. The van der Waals surface area contributed by atoms with Gasteiger partial charge in [0.1, 0.15) is 5.60 Å². The molecule has 0 atom stereocenters. The zero-order valence-electron chi connectivity index (χ0n) is 11.5. The fourth-order valence-corrected chi connectivity index (χ4v) is 2.64. The molecule has 99 valence electrons. The second-order valence-electron chi connectivity index (χ2n) is 4.82. The van der Waals surface area contributed by atoms with Gasteiger partial charge in [0, 0.05) is 13.5 Å². The summed E-state index contributed by atoms with van der Waals surface area (Å²) in [6.07, 6.45) is 10.3. The van der Waals surface area contributed by atoms with Crippen LogP contribution in [0.15, 0.2) is 78.9 Å². The minimum atomic E-state index is -0.485. The third-order valence-corrected chi connectivity index (χ3v) is 3.68. The lowest BCUT2D eigenvalue weighted by Crippen LogP contribution is -2.25. The lowest BCUT2D eigenvalue weighted by molar-refractivity contribution is 0.0721. The first-order chi connectivity index (χ1) is 9.86. The maximum Gasteiger partial charge on any atom is 0.130 e. The Morgan fingerprint density at radius 3 is 2.15 bits per heavy atom. The summed E-state index contributed by atoms with van der Waals surface area (Å²) in [5.74, 6) is 0. The molecule has 0 fully saturated rings. The van der Waals surface area contributed by atoms with Crippen molar-refractivity contribution < 1.29 is 4.74 Å². The van der Waals surface area contributed by atoms with Crippen LogP contribution in [-0.4, -0.2) is 7.11 Å². The van der Waals surface area contributed by atoms with Crippen LogP contribution in [0.1, 0.15) is 5.56 Å². The van der Waals surface area contributed by atoms with Crippen LogP contribution in [0.2, 0.25) is 0 Å². The van der Waals surface area contributed by atoms with E-state index in [9.17, 15) is 0 Å². The molecule has 0 N–H and O–H groups in total. The van der Waals surface area contributed by atoms with E-state index in [1.54, 1.807) is 7.11 Å². The van der Waals surface area contributed by atoms with Crippen molar-refractivity contribution in [2.45, 2.75) is 5.60 Å². The van der Waals surface area contributed by atoms with Crippen LogP contribution >= 0.6 is 0 Å². The van der Waals surface area contributed by atoms with Crippen molar-refractivity contribution >= 4 is 0 Å². The molecule has 3 rings (SSSR count). The zero-order chi connectivity index (χ0) is 13.8. The van der Waals surface area contributed by atoms with E-state index in [1.807, 2.05) is 24.6 Å². The predicted octanol–water partition coefficient (Wildman–Crippen LogP) is 4.53. The Morgan fingerprint density at radius 1 is 0.800 bits per heavy atom. The Morgan fingerprint density at radius 2 is 1.45 bits per heavy atom. The fourth-order valence-electron chi connectivity index (χ4n) is 2.64. The Hall–Kier alpha value is -2.12. The van der Waals surface area contributed by atoms with E-state index in [2.05, 4.69) is 60.7 Å². The fraction of sp³-hybridized carbons (Fsp3) is 0.105. The Balaban J connectivity index is 2.17. The molecular formula is C19H17O. The highest BCUT2D eigenvalue weighted by Crippen LogP contribution is 2.37. The molecule has 1 radical (unpaired) electrons. The molecule has 1 aliphatic carbocycles. The van der Waals surface area contributed by atoms with Gasteiger partial charge in [0.15, 0.2) is 0 Å². The summed E-state index contributed by atoms with van der Waals surface area (Å²) in [5, 5.41) is 0. The number of benzene rings is 2. The average molecular weight is 261 g/mol. The molecule has 2 aromatic rings. The summed E-state index contributed by atoms with van der Waals surface area (Å²) in [6.45, 7) is 0. The lowest BCUT2D eigenvalue weighted by atomic mass is 9.84. The first-order valence-corrected chi connectivity index (χ1v) is 6.76. The summed E-state index contributed by atoms with van der Waals surface area (Å²) < 4.78 is 5.83.